The average Bonchev–Trinajstić information content (AvgIpc) is 4.00. The molecule has 4 atom stereocenters. The summed E-state index contributed by atoms with van der Waals surface area (Å²) in [6.45, 7) is 0.870. The first-order valence-electron chi connectivity index (χ1n) is 25.9. The third-order valence-corrected chi connectivity index (χ3v) is 15.7. The molecule has 422 valence electrons. The summed E-state index contributed by atoms with van der Waals surface area (Å²) in [5.74, 6) is -5.11. The van der Waals surface area contributed by atoms with Gasteiger partial charge in [0.2, 0.25) is 18.0 Å². The van der Waals surface area contributed by atoms with Crippen LogP contribution in [0.3, 0.4) is 0 Å². The van der Waals surface area contributed by atoms with E-state index in [4.69, 9.17) is 32.6 Å². The number of rotatable bonds is 19. The number of likely N-dealkylation sites (N-methyl/N-ethyl adjacent to an activating group) is 1. The maximum Gasteiger partial charge on any atom is 0.478 e. The molecule has 1 aromatic heterocycles. The van der Waals surface area contributed by atoms with Crippen LogP contribution in [0, 0.1) is 11.6 Å². The maximum absolute atomic E-state index is 14.9. The molecule has 5 heterocycles. The molecule has 21 nitrogen and oxygen atoms in total. The molecule has 0 saturated carbocycles. The van der Waals surface area contributed by atoms with Gasteiger partial charge in [0.15, 0.2) is 11.3 Å². The Morgan fingerprint density at radius 2 is 1.50 bits per heavy atom. The largest absolute Gasteiger partial charge is 0.478 e. The van der Waals surface area contributed by atoms with Crippen molar-refractivity contribution in [2.75, 3.05) is 53.1 Å². The molecule has 1 spiro atoms. The van der Waals surface area contributed by atoms with Crippen LogP contribution in [0.25, 0.3) is 0 Å². The van der Waals surface area contributed by atoms with E-state index in [1.54, 1.807) is 110 Å². The number of oxime groups is 1. The number of nitrogens with one attached hydrogen (secondary N) is 1. The van der Waals surface area contributed by atoms with Gasteiger partial charge in [0.25, 0.3) is 11.8 Å². The lowest BCUT2D eigenvalue weighted by Gasteiger charge is -2.42. The number of benzene rings is 4. The van der Waals surface area contributed by atoms with Gasteiger partial charge in [-0.15, -0.1) is 0 Å². The van der Waals surface area contributed by atoms with E-state index in [1.807, 2.05) is 11.8 Å². The highest BCUT2D eigenvalue weighted by atomic mass is 31.2. The number of nitrogens with zero attached hydrogens (tertiary/aromatic N) is 6. The Kier molecular flexibility index (Phi) is 17.8. The summed E-state index contributed by atoms with van der Waals surface area (Å²) in [6, 6.07) is 27.1. The first kappa shape index (κ1) is 56.9. The fourth-order valence-corrected chi connectivity index (χ4v) is 11.1. The fraction of sp³-hybridized carbons (Fsp3) is 0.375. The van der Waals surface area contributed by atoms with Crippen molar-refractivity contribution in [2.24, 2.45) is 5.16 Å². The topological polar surface area (TPSA) is 226 Å². The summed E-state index contributed by atoms with van der Waals surface area (Å²) >= 11 is 0. The maximum atomic E-state index is 14.9. The van der Waals surface area contributed by atoms with Gasteiger partial charge >= 0.3 is 26.0 Å². The van der Waals surface area contributed by atoms with Crippen molar-refractivity contribution in [1.29, 1.82) is 0 Å². The molecule has 24 heteroatoms. The van der Waals surface area contributed by atoms with Crippen LogP contribution in [0.2, 0.25) is 0 Å². The van der Waals surface area contributed by atoms with E-state index in [9.17, 15) is 42.1 Å². The Bertz CT molecular complexity index is 3180. The molecule has 5 aromatic rings. The van der Waals surface area contributed by atoms with Gasteiger partial charge in [-0.2, -0.15) is 0 Å². The average molecular weight is 1120 g/mol. The van der Waals surface area contributed by atoms with Gasteiger partial charge in [-0.05, 0) is 56.5 Å². The minimum atomic E-state index is -4.46. The Morgan fingerprint density at radius 1 is 0.850 bits per heavy atom. The first-order valence-corrected chi connectivity index (χ1v) is 27.4. The van der Waals surface area contributed by atoms with Crippen molar-refractivity contribution < 1.29 is 69.9 Å². The second kappa shape index (κ2) is 25.1. The number of hydrogen-bond acceptors (Lipinski definition) is 16. The van der Waals surface area contributed by atoms with Crippen LogP contribution < -0.4 is 15.5 Å². The molecule has 1 N–H and O–H groups in total. The second-order valence-electron chi connectivity index (χ2n) is 20.0. The Balaban J connectivity index is 0.998. The van der Waals surface area contributed by atoms with Gasteiger partial charge in [0.1, 0.15) is 30.3 Å². The number of halogens is 2. The summed E-state index contributed by atoms with van der Waals surface area (Å²) in [4.78, 5) is 98.2. The highest BCUT2D eigenvalue weighted by Gasteiger charge is 2.54. The molecule has 4 aliphatic heterocycles. The molecule has 4 amide bonds. The molecular formula is C56H60F2N7O14P. The van der Waals surface area contributed by atoms with Crippen molar-refractivity contribution in [3.63, 3.8) is 0 Å². The van der Waals surface area contributed by atoms with Gasteiger partial charge in [-0.1, -0.05) is 102 Å². The number of amides is 4. The van der Waals surface area contributed by atoms with Gasteiger partial charge in [-0.3, -0.25) is 33.1 Å². The Hall–Kier alpha value is -7.82. The highest BCUT2D eigenvalue weighted by molar-refractivity contribution is 7.48. The van der Waals surface area contributed by atoms with Crippen molar-refractivity contribution in [3.05, 3.63) is 171 Å². The molecule has 0 radical (unpaired) electrons. The van der Waals surface area contributed by atoms with E-state index >= 15 is 0 Å². The number of piperazine rings is 1. The van der Waals surface area contributed by atoms with Gasteiger partial charge in [0.05, 0.1) is 31.0 Å². The summed E-state index contributed by atoms with van der Waals surface area (Å²) < 4.78 is 78.1. The minimum Gasteiger partial charge on any atom is -0.459 e. The zero-order valence-electron chi connectivity index (χ0n) is 44.2. The molecule has 0 unspecified atom stereocenters. The van der Waals surface area contributed by atoms with Gasteiger partial charge < -0.3 is 43.6 Å². The molecular weight excluding hydrogens is 1060 g/mol. The number of carbonyl (C=O) groups is 5. The second-order valence-corrected chi connectivity index (χ2v) is 21.7. The van der Waals surface area contributed by atoms with Crippen LogP contribution in [0.15, 0.2) is 125 Å². The number of ether oxygens (including phenoxy) is 3. The number of fused-ring (bicyclic) bond motifs is 5. The van der Waals surface area contributed by atoms with Crippen LogP contribution in [-0.2, 0) is 63.6 Å². The van der Waals surface area contributed by atoms with E-state index < -0.39 is 110 Å². The SMILES string of the molecule is CC1=NO[C@@]2(CC[C@H](C)N3C[C@H]2n2cc(C(=O)NCc4ccc(F)cc4F)c(=O)c(OC(=O)N4CCN(C)C[C@H]4CN(CC(=O)OCc4ccccc4)C(=O)OCOP(=O)(OCc4ccccc4)OCc4ccccc4)c2C3=O)C1. The lowest BCUT2D eigenvalue weighted by Crippen LogP contribution is -2.59. The lowest BCUT2D eigenvalue weighted by molar-refractivity contribution is -0.146. The third kappa shape index (κ3) is 13.4. The predicted molar refractivity (Wildman–Crippen MR) is 283 cm³/mol. The Morgan fingerprint density at radius 3 is 2.12 bits per heavy atom. The van der Waals surface area contributed by atoms with E-state index in [1.165, 1.54) is 15.7 Å². The van der Waals surface area contributed by atoms with Crippen LogP contribution in [0.4, 0.5) is 18.4 Å². The zero-order valence-corrected chi connectivity index (χ0v) is 45.1. The Labute approximate surface area is 459 Å². The van der Waals surface area contributed by atoms with Crippen molar-refractivity contribution in [1.82, 2.24) is 29.5 Å². The van der Waals surface area contributed by atoms with Crippen LogP contribution in [0.1, 0.15) is 82.3 Å². The molecule has 9 rings (SSSR count). The van der Waals surface area contributed by atoms with Gasteiger partial charge in [0, 0.05) is 69.6 Å². The number of hydrogen-bond donors (Lipinski definition) is 1. The van der Waals surface area contributed by atoms with Crippen LogP contribution >= 0.6 is 7.82 Å². The normalized spacial score (nSPS) is 19.8. The van der Waals surface area contributed by atoms with E-state index in [2.05, 4.69) is 10.5 Å². The van der Waals surface area contributed by atoms with Crippen LogP contribution in [0.5, 0.6) is 5.75 Å². The predicted octanol–water partition coefficient (Wildman–Crippen LogP) is 7.58. The number of phosphoric ester groups is 1. The first-order chi connectivity index (χ1) is 38.5. The molecule has 80 heavy (non-hydrogen) atoms. The molecule has 2 bridgehead atoms. The number of carbonyl (C=O) groups excluding carboxylic acids is 5. The quantitative estimate of drug-likeness (QED) is 0.0478. The summed E-state index contributed by atoms with van der Waals surface area (Å²) in [7, 11) is -2.71. The standard InChI is InChI=1S/C56H60F2N7O14P/c1-37-26-56(79-60-37)22-21-38(2)64-31-47(56)65-30-45(52(68)59-27-42-19-20-43(57)25-46(42)58)50(67)51(49(65)53(64)69)78-55(71)63-24-23-61(3)28-44(63)29-62(32-48(66)73-33-39-13-7-4-8-14-39)54(70)74-36-77-80(72,75-34-40-15-9-5-10-16-40)76-35-41-17-11-6-12-18-41/h4-20,25,30,38,44,47H,21-24,26-29,31-36H2,1-3H3,(H,59,68)/t38-,44-,47+,56-/m0/s1. The number of aromatic nitrogens is 1. The van der Waals surface area contributed by atoms with Gasteiger partial charge in [-0.25, -0.2) is 27.5 Å². The molecule has 4 aliphatic rings. The molecule has 0 aliphatic carbocycles. The van der Waals surface area contributed by atoms with Crippen molar-refractivity contribution in [3.8, 4) is 5.75 Å². The number of pyridine rings is 1. The zero-order chi connectivity index (χ0) is 56.6. The number of phosphoric acid groups is 1. The summed E-state index contributed by atoms with van der Waals surface area (Å²) in [5, 5.41) is 6.76. The monoisotopic (exact) mass is 1120 g/mol. The number of esters is 1. The molecule has 2 fully saturated rings. The molecule has 4 aromatic carbocycles. The summed E-state index contributed by atoms with van der Waals surface area (Å²) in [5.41, 5.74) is -0.555. The van der Waals surface area contributed by atoms with E-state index in [-0.39, 0.29) is 63.3 Å². The van der Waals surface area contributed by atoms with E-state index in [0.29, 0.717) is 47.7 Å². The lowest BCUT2D eigenvalue weighted by atomic mass is 9.84. The summed E-state index contributed by atoms with van der Waals surface area (Å²) in [6.07, 6.45) is 0.132. The fourth-order valence-electron chi connectivity index (χ4n) is 10.1. The minimum absolute atomic E-state index is 0.0641. The highest BCUT2D eigenvalue weighted by Crippen LogP contribution is 2.51. The smallest absolute Gasteiger partial charge is 0.459 e. The van der Waals surface area contributed by atoms with Crippen molar-refractivity contribution >= 4 is 43.5 Å². The van der Waals surface area contributed by atoms with Crippen molar-refractivity contribution in [2.45, 2.75) is 83.2 Å². The van der Waals surface area contributed by atoms with Crippen LogP contribution in [-0.4, -0.2) is 131 Å². The third-order valence-electron chi connectivity index (χ3n) is 14.3. The molecule has 2 saturated heterocycles. The van der Waals surface area contributed by atoms with E-state index in [0.717, 1.165) is 17.0 Å².